The van der Waals surface area contributed by atoms with E-state index < -0.39 is 0 Å². The first-order valence-corrected chi connectivity index (χ1v) is 7.80. The van der Waals surface area contributed by atoms with E-state index in [0.717, 1.165) is 24.4 Å². The molecule has 2 atom stereocenters. The number of carbonyl (C=O) groups excluding carboxylic acids is 1. The van der Waals surface area contributed by atoms with E-state index in [2.05, 4.69) is 18.2 Å². The topological polar surface area (TPSA) is 20.3 Å². The molecule has 2 nitrogen and oxygen atoms in total. The summed E-state index contributed by atoms with van der Waals surface area (Å²) in [6.07, 6.45) is 9.24. The molecule has 1 aromatic carbocycles. The van der Waals surface area contributed by atoms with Crippen LogP contribution < -0.4 is 0 Å². The lowest BCUT2D eigenvalue weighted by Crippen LogP contribution is -2.46. The van der Waals surface area contributed by atoms with Gasteiger partial charge in [-0.3, -0.25) is 4.79 Å². The van der Waals surface area contributed by atoms with Gasteiger partial charge in [0, 0.05) is 23.5 Å². The van der Waals surface area contributed by atoms with Crippen molar-refractivity contribution >= 4 is 18.0 Å². The second kappa shape index (κ2) is 6.01. The van der Waals surface area contributed by atoms with Gasteiger partial charge in [-0.25, -0.2) is 0 Å². The molecule has 0 bridgehead atoms. The Labute approximate surface area is 125 Å². The number of rotatable bonds is 3. The average molecular weight is 290 g/mol. The van der Waals surface area contributed by atoms with E-state index >= 15 is 0 Å². The van der Waals surface area contributed by atoms with Gasteiger partial charge in [-0.2, -0.15) is 0 Å². The normalized spacial score (nSPS) is 25.9. The highest BCUT2D eigenvalue weighted by molar-refractivity contribution is 6.30. The van der Waals surface area contributed by atoms with Crippen molar-refractivity contribution in [3.63, 3.8) is 0 Å². The largest absolute Gasteiger partial charge is 0.338 e. The van der Waals surface area contributed by atoms with Crippen LogP contribution in [0, 0.1) is 5.92 Å². The molecule has 0 saturated heterocycles. The predicted molar refractivity (Wildman–Crippen MR) is 81.8 cm³/mol. The number of hydrogen-bond acceptors (Lipinski definition) is 1. The smallest absolute Gasteiger partial charge is 0.210 e. The van der Waals surface area contributed by atoms with Gasteiger partial charge in [0.05, 0.1) is 0 Å². The third-order valence-electron chi connectivity index (χ3n) is 4.66. The zero-order valence-electron chi connectivity index (χ0n) is 11.6. The Morgan fingerprint density at radius 2 is 2.05 bits per heavy atom. The van der Waals surface area contributed by atoms with E-state index in [1.165, 1.54) is 31.2 Å². The molecule has 1 amide bonds. The predicted octanol–water partition coefficient (Wildman–Crippen LogP) is 3.84. The third-order valence-corrected chi connectivity index (χ3v) is 4.91. The van der Waals surface area contributed by atoms with Crippen LogP contribution >= 0.6 is 11.6 Å². The Balaban J connectivity index is 1.82. The van der Waals surface area contributed by atoms with Gasteiger partial charge in [-0.1, -0.05) is 41.8 Å². The lowest BCUT2D eigenvalue weighted by atomic mass is 9.75. The zero-order chi connectivity index (χ0) is 13.9. The highest BCUT2D eigenvalue weighted by atomic mass is 35.5. The summed E-state index contributed by atoms with van der Waals surface area (Å²) in [6.45, 7) is 0.771. The number of nitrogens with zero attached hydrogens (tertiary/aromatic N) is 1. The molecule has 20 heavy (non-hydrogen) atoms. The third kappa shape index (κ3) is 2.76. The minimum atomic E-state index is 0.314. The number of carbonyl (C=O) groups is 1. The Hall–Kier alpha value is -1.28. The standard InChI is InChI=1S/C17H20ClNO/c18-15-7-5-13(6-8-15)11-17-16-4-2-1-3-14(16)9-10-19(17)12-20/h5-9,12,16-17H,1-4,10-11H2. The fourth-order valence-electron chi connectivity index (χ4n) is 3.59. The molecule has 0 spiro atoms. The van der Waals surface area contributed by atoms with E-state index in [4.69, 9.17) is 11.6 Å². The molecular weight excluding hydrogens is 270 g/mol. The molecule has 106 valence electrons. The van der Waals surface area contributed by atoms with Crippen LogP contribution in [0.4, 0.5) is 0 Å². The molecule has 0 N–H and O–H groups in total. The molecule has 0 radical (unpaired) electrons. The van der Waals surface area contributed by atoms with Gasteiger partial charge in [-0.15, -0.1) is 0 Å². The first kappa shape index (κ1) is 13.7. The molecule has 1 heterocycles. The van der Waals surface area contributed by atoms with Crippen LogP contribution in [0.2, 0.25) is 5.02 Å². The van der Waals surface area contributed by atoms with E-state index in [9.17, 15) is 4.79 Å². The van der Waals surface area contributed by atoms with Crippen LogP contribution in [0.3, 0.4) is 0 Å². The highest BCUT2D eigenvalue weighted by Crippen LogP contribution is 2.37. The van der Waals surface area contributed by atoms with Gasteiger partial charge in [0.15, 0.2) is 0 Å². The van der Waals surface area contributed by atoms with Crippen LogP contribution in [0.25, 0.3) is 0 Å². The fraction of sp³-hybridized carbons (Fsp3) is 0.471. The summed E-state index contributed by atoms with van der Waals surface area (Å²) in [5.74, 6) is 0.554. The lowest BCUT2D eigenvalue weighted by Gasteiger charge is -2.42. The van der Waals surface area contributed by atoms with Crippen molar-refractivity contribution in [2.45, 2.75) is 38.1 Å². The Morgan fingerprint density at radius 3 is 2.80 bits per heavy atom. The molecular formula is C17H20ClNO. The first-order chi connectivity index (χ1) is 9.78. The van der Waals surface area contributed by atoms with E-state index in [0.29, 0.717) is 12.0 Å². The summed E-state index contributed by atoms with van der Waals surface area (Å²) < 4.78 is 0. The second-order valence-electron chi connectivity index (χ2n) is 5.83. The van der Waals surface area contributed by atoms with Crippen molar-refractivity contribution in [3.05, 3.63) is 46.5 Å². The summed E-state index contributed by atoms with van der Waals surface area (Å²) in [4.78, 5) is 13.3. The number of hydrogen-bond donors (Lipinski definition) is 0. The van der Waals surface area contributed by atoms with Crippen molar-refractivity contribution < 1.29 is 4.79 Å². The quantitative estimate of drug-likeness (QED) is 0.611. The Bertz CT molecular complexity index is 508. The molecule has 1 aliphatic heterocycles. The second-order valence-corrected chi connectivity index (χ2v) is 6.27. The fourth-order valence-corrected chi connectivity index (χ4v) is 3.71. The maximum absolute atomic E-state index is 11.4. The number of amides is 1. The summed E-state index contributed by atoms with van der Waals surface area (Å²) in [5.41, 5.74) is 2.84. The number of halogens is 1. The molecule has 1 saturated carbocycles. The molecule has 1 fully saturated rings. The average Bonchev–Trinajstić information content (AvgIpc) is 2.50. The summed E-state index contributed by atoms with van der Waals surface area (Å²) in [7, 11) is 0. The summed E-state index contributed by atoms with van der Waals surface area (Å²) in [6, 6.07) is 8.33. The zero-order valence-corrected chi connectivity index (χ0v) is 12.4. The van der Waals surface area contributed by atoms with Gasteiger partial charge < -0.3 is 4.90 Å². The van der Waals surface area contributed by atoms with Crippen molar-refractivity contribution in [2.24, 2.45) is 5.92 Å². The van der Waals surface area contributed by atoms with Gasteiger partial charge in [0.1, 0.15) is 0 Å². The Kier molecular flexibility index (Phi) is 4.11. The molecule has 3 rings (SSSR count). The van der Waals surface area contributed by atoms with Gasteiger partial charge in [-0.05, 0) is 43.4 Å². The Morgan fingerprint density at radius 1 is 1.25 bits per heavy atom. The maximum atomic E-state index is 11.4. The molecule has 1 aliphatic carbocycles. The highest BCUT2D eigenvalue weighted by Gasteiger charge is 2.33. The molecule has 3 heteroatoms. The van der Waals surface area contributed by atoms with Gasteiger partial charge in [0.2, 0.25) is 6.41 Å². The molecule has 2 aliphatic rings. The molecule has 0 aromatic heterocycles. The van der Waals surface area contributed by atoms with Gasteiger partial charge in [0.25, 0.3) is 0 Å². The van der Waals surface area contributed by atoms with Gasteiger partial charge >= 0.3 is 0 Å². The van der Waals surface area contributed by atoms with Crippen LogP contribution in [0.5, 0.6) is 0 Å². The summed E-state index contributed by atoms with van der Waals surface area (Å²) in [5, 5.41) is 0.767. The minimum Gasteiger partial charge on any atom is -0.338 e. The molecule has 2 unspecified atom stereocenters. The number of fused-ring (bicyclic) bond motifs is 1. The van der Waals surface area contributed by atoms with E-state index in [-0.39, 0.29) is 0 Å². The van der Waals surface area contributed by atoms with E-state index in [1.807, 2.05) is 17.0 Å². The monoisotopic (exact) mass is 289 g/mol. The van der Waals surface area contributed by atoms with Crippen molar-refractivity contribution in [3.8, 4) is 0 Å². The molecule has 1 aromatic rings. The lowest BCUT2D eigenvalue weighted by molar-refractivity contribution is -0.121. The van der Waals surface area contributed by atoms with Crippen LogP contribution in [-0.4, -0.2) is 23.9 Å². The first-order valence-electron chi connectivity index (χ1n) is 7.42. The van der Waals surface area contributed by atoms with Crippen LogP contribution in [-0.2, 0) is 11.2 Å². The van der Waals surface area contributed by atoms with Crippen LogP contribution in [0.1, 0.15) is 31.2 Å². The van der Waals surface area contributed by atoms with Crippen molar-refractivity contribution in [2.75, 3.05) is 6.54 Å². The number of benzene rings is 1. The van der Waals surface area contributed by atoms with Crippen molar-refractivity contribution in [1.82, 2.24) is 4.90 Å². The SMILES string of the molecule is O=CN1CC=C2CCCCC2C1Cc1ccc(Cl)cc1. The maximum Gasteiger partial charge on any atom is 0.210 e. The van der Waals surface area contributed by atoms with Crippen LogP contribution in [0.15, 0.2) is 35.9 Å². The summed E-state index contributed by atoms with van der Waals surface area (Å²) >= 11 is 5.95. The van der Waals surface area contributed by atoms with Crippen molar-refractivity contribution in [1.29, 1.82) is 0 Å². The van der Waals surface area contributed by atoms with E-state index in [1.54, 1.807) is 5.57 Å². The minimum absolute atomic E-state index is 0.314.